The fraction of sp³-hybridized carbons (Fsp3) is 0.0741. The Morgan fingerprint density at radius 2 is 1.35 bits per heavy atom. The topological polar surface area (TPSA) is 3.88 Å². The van der Waals surface area contributed by atoms with E-state index in [2.05, 4.69) is 91.3 Å². The highest BCUT2D eigenvalue weighted by molar-refractivity contribution is 7.29. The molecule has 0 saturated carbocycles. The fourth-order valence-electron chi connectivity index (χ4n) is 4.79. The second kappa shape index (κ2) is 6.36. The van der Waals surface area contributed by atoms with Gasteiger partial charge in [-0.1, -0.05) is 59.9 Å². The maximum absolute atomic E-state index is 2.40. The van der Waals surface area contributed by atoms with E-state index in [0.717, 1.165) is 0 Å². The lowest BCUT2D eigenvalue weighted by Crippen LogP contribution is -2.28. The van der Waals surface area contributed by atoms with Crippen LogP contribution < -0.4 is 4.57 Å². The van der Waals surface area contributed by atoms with Crippen molar-refractivity contribution in [3.8, 4) is 10.6 Å². The van der Waals surface area contributed by atoms with E-state index in [0.29, 0.717) is 0 Å². The molecule has 0 fully saturated rings. The van der Waals surface area contributed by atoms with E-state index in [-0.39, 0.29) is 0 Å². The minimum atomic E-state index is 1.31. The molecule has 0 aliphatic heterocycles. The van der Waals surface area contributed by atoms with E-state index in [1.807, 2.05) is 34.0 Å². The fourth-order valence-corrected chi connectivity index (χ4v) is 8.76. The van der Waals surface area contributed by atoms with E-state index in [9.17, 15) is 0 Å². The lowest BCUT2D eigenvalue weighted by atomic mass is 10.0. The average Bonchev–Trinajstić information content (AvgIpc) is 3.45. The standard InChI is InChI=1S/C27H18NS3/c1-15-11-12-17-16-7-3-5-9-20(16)30-25(17)23(15)27-28(2)19-13-14-22-24(26(19)31-27)18-8-4-6-10-21(18)29-22/h3-14H,1-2H3/q+1. The Kier molecular flexibility index (Phi) is 3.66. The largest absolute Gasteiger partial charge is 0.271 e. The molecular formula is C27H18NS3+. The van der Waals surface area contributed by atoms with Crippen LogP contribution in [0.3, 0.4) is 0 Å². The Labute approximate surface area is 191 Å². The smallest absolute Gasteiger partial charge is 0.184 e. The summed E-state index contributed by atoms with van der Waals surface area (Å²) in [5.41, 5.74) is 4.04. The SMILES string of the molecule is Cc1ccc2c(sc3ccccc32)c1-c1sc2c3c(ccc2[n+]1C)sc1ccccc13. The van der Waals surface area contributed by atoms with Crippen LogP contribution in [0, 0.1) is 6.92 Å². The first-order valence-corrected chi connectivity index (χ1v) is 12.8. The molecule has 0 bridgehead atoms. The van der Waals surface area contributed by atoms with Gasteiger partial charge in [0, 0.05) is 41.7 Å². The van der Waals surface area contributed by atoms with Crippen molar-refractivity contribution in [2.24, 2.45) is 7.05 Å². The average molecular weight is 453 g/mol. The highest BCUT2D eigenvalue weighted by Crippen LogP contribution is 2.45. The number of hydrogen-bond acceptors (Lipinski definition) is 3. The predicted octanol–water partition coefficient (Wildman–Crippen LogP) is 8.44. The second-order valence-corrected chi connectivity index (χ2v) is 11.2. The molecule has 0 unspecified atom stereocenters. The van der Waals surface area contributed by atoms with Crippen molar-refractivity contribution in [2.45, 2.75) is 6.92 Å². The molecule has 0 atom stereocenters. The van der Waals surface area contributed by atoms with Crippen molar-refractivity contribution in [1.82, 2.24) is 0 Å². The second-order valence-electron chi connectivity index (χ2n) is 8.08. The van der Waals surface area contributed by atoms with Gasteiger partial charge in [-0.3, -0.25) is 0 Å². The number of thiophene rings is 2. The van der Waals surface area contributed by atoms with E-state index in [1.165, 1.54) is 66.7 Å². The molecule has 0 amide bonds. The van der Waals surface area contributed by atoms with Crippen molar-refractivity contribution in [3.63, 3.8) is 0 Å². The van der Waals surface area contributed by atoms with Crippen LogP contribution in [0.25, 0.3) is 61.1 Å². The van der Waals surface area contributed by atoms with Gasteiger partial charge in [0.1, 0.15) is 11.7 Å². The molecule has 3 aromatic heterocycles. The van der Waals surface area contributed by atoms with E-state index < -0.39 is 0 Å². The first-order valence-electron chi connectivity index (χ1n) is 10.3. The number of rotatable bonds is 1. The summed E-state index contributed by atoms with van der Waals surface area (Å²) in [6.45, 7) is 2.25. The lowest BCUT2D eigenvalue weighted by molar-refractivity contribution is -0.629. The van der Waals surface area contributed by atoms with E-state index >= 15 is 0 Å². The van der Waals surface area contributed by atoms with Crippen LogP contribution in [0.4, 0.5) is 0 Å². The minimum Gasteiger partial charge on any atom is -0.184 e. The summed E-state index contributed by atoms with van der Waals surface area (Å²) in [7, 11) is 2.22. The maximum Gasteiger partial charge on any atom is 0.271 e. The third-order valence-electron chi connectivity index (χ3n) is 6.31. The first kappa shape index (κ1) is 17.8. The van der Waals surface area contributed by atoms with Crippen LogP contribution in [0.15, 0.2) is 72.8 Å². The van der Waals surface area contributed by atoms with Gasteiger partial charge < -0.3 is 0 Å². The quantitative estimate of drug-likeness (QED) is 0.220. The van der Waals surface area contributed by atoms with E-state index in [1.54, 1.807) is 0 Å². The van der Waals surface area contributed by atoms with Crippen LogP contribution in [0.2, 0.25) is 0 Å². The zero-order valence-electron chi connectivity index (χ0n) is 17.1. The summed E-state index contributed by atoms with van der Waals surface area (Å²) in [5.74, 6) is 0. The summed E-state index contributed by atoms with van der Waals surface area (Å²) < 4.78 is 9.29. The van der Waals surface area contributed by atoms with Crippen molar-refractivity contribution >= 4 is 84.6 Å². The van der Waals surface area contributed by atoms with Gasteiger partial charge >= 0.3 is 0 Å². The molecule has 7 aromatic rings. The van der Waals surface area contributed by atoms with Gasteiger partial charge in [-0.05, 0) is 30.7 Å². The van der Waals surface area contributed by atoms with Crippen molar-refractivity contribution in [1.29, 1.82) is 0 Å². The van der Waals surface area contributed by atoms with Crippen molar-refractivity contribution in [3.05, 3.63) is 78.4 Å². The maximum atomic E-state index is 2.40. The molecule has 3 heterocycles. The number of thiazole rings is 1. The van der Waals surface area contributed by atoms with Crippen LogP contribution in [-0.2, 0) is 7.05 Å². The minimum absolute atomic E-state index is 1.31. The molecule has 0 radical (unpaired) electrons. The summed E-state index contributed by atoms with van der Waals surface area (Å²) >= 11 is 5.76. The number of fused-ring (bicyclic) bond motifs is 8. The Morgan fingerprint density at radius 1 is 0.613 bits per heavy atom. The summed E-state index contributed by atoms with van der Waals surface area (Å²) in [5, 5.41) is 6.85. The molecule has 7 rings (SSSR count). The zero-order valence-corrected chi connectivity index (χ0v) is 19.5. The number of nitrogens with zero attached hydrogens (tertiary/aromatic N) is 1. The molecule has 0 saturated heterocycles. The van der Waals surface area contributed by atoms with Gasteiger partial charge in [0.15, 0.2) is 0 Å². The molecule has 0 spiro atoms. The lowest BCUT2D eigenvalue weighted by Gasteiger charge is -2.03. The van der Waals surface area contributed by atoms with Gasteiger partial charge in [0.2, 0.25) is 5.52 Å². The third-order valence-corrected chi connectivity index (χ3v) is 9.94. The Hall–Kier alpha value is -2.79. The molecule has 1 nitrogen and oxygen atoms in total. The third kappa shape index (κ3) is 2.38. The van der Waals surface area contributed by atoms with Gasteiger partial charge in [-0.2, -0.15) is 4.57 Å². The van der Waals surface area contributed by atoms with Crippen LogP contribution in [-0.4, -0.2) is 0 Å². The first-order chi connectivity index (χ1) is 15.2. The monoisotopic (exact) mass is 452 g/mol. The van der Waals surface area contributed by atoms with E-state index in [4.69, 9.17) is 0 Å². The predicted molar refractivity (Wildman–Crippen MR) is 139 cm³/mol. The summed E-state index contributed by atoms with van der Waals surface area (Å²) in [6.07, 6.45) is 0. The highest BCUT2D eigenvalue weighted by Gasteiger charge is 2.26. The Balaban J connectivity index is 1.63. The molecule has 0 aliphatic carbocycles. The number of aromatic nitrogens is 1. The van der Waals surface area contributed by atoms with Crippen LogP contribution in [0.1, 0.15) is 5.56 Å². The zero-order chi connectivity index (χ0) is 20.7. The molecule has 0 aliphatic rings. The highest BCUT2D eigenvalue weighted by atomic mass is 32.1. The Morgan fingerprint density at radius 3 is 2.19 bits per heavy atom. The molecule has 148 valence electrons. The number of benzene rings is 4. The summed E-state index contributed by atoms with van der Waals surface area (Å²) in [4.78, 5) is 0. The van der Waals surface area contributed by atoms with Crippen molar-refractivity contribution in [2.75, 3.05) is 0 Å². The van der Waals surface area contributed by atoms with Crippen LogP contribution in [0.5, 0.6) is 0 Å². The molecule has 4 aromatic carbocycles. The molecular weight excluding hydrogens is 435 g/mol. The van der Waals surface area contributed by atoms with Gasteiger partial charge in [-0.25, -0.2) is 0 Å². The van der Waals surface area contributed by atoms with Gasteiger partial charge in [0.25, 0.3) is 5.01 Å². The molecule has 4 heteroatoms. The Bertz CT molecular complexity index is 1810. The molecule has 31 heavy (non-hydrogen) atoms. The van der Waals surface area contributed by atoms with Crippen molar-refractivity contribution < 1.29 is 4.57 Å². The molecule has 0 N–H and O–H groups in total. The van der Waals surface area contributed by atoms with Gasteiger partial charge in [-0.15, -0.1) is 22.7 Å². The normalized spacial score (nSPS) is 12.2. The number of aryl methyl sites for hydroxylation is 2. The van der Waals surface area contributed by atoms with Crippen LogP contribution >= 0.6 is 34.0 Å². The summed E-state index contributed by atoms with van der Waals surface area (Å²) in [6, 6.07) is 26.8. The van der Waals surface area contributed by atoms with Gasteiger partial charge in [0.05, 0.1) is 10.3 Å². The number of hydrogen-bond donors (Lipinski definition) is 0.